The van der Waals surface area contributed by atoms with Crippen LogP contribution in [-0.2, 0) is 18.8 Å². The zero-order valence-corrected chi connectivity index (χ0v) is 37.9. The fourth-order valence-electron chi connectivity index (χ4n) is 7.83. The topological polar surface area (TPSA) is 123 Å². The molecule has 7 rings (SSSR count). The van der Waals surface area contributed by atoms with Crippen LogP contribution in [0.15, 0.2) is 137 Å². The second-order valence-electron chi connectivity index (χ2n) is 15.8. The Morgan fingerprint density at radius 2 is 1.06 bits per heavy atom. The molecule has 0 N–H and O–H groups in total. The van der Waals surface area contributed by atoms with Crippen LogP contribution in [0.5, 0.6) is 23.0 Å². The molecule has 0 fully saturated rings. The normalized spacial score (nSPS) is 12.0. The number of ether oxygens (including phenoxy) is 3. The molecule has 0 radical (unpaired) electrons. The lowest BCUT2D eigenvalue weighted by molar-refractivity contribution is 0.0596. The van der Waals surface area contributed by atoms with E-state index < -0.39 is 29.4 Å². The molecule has 5 aromatic carbocycles. The van der Waals surface area contributed by atoms with Crippen molar-refractivity contribution in [2.45, 2.75) is 38.5 Å². The van der Waals surface area contributed by atoms with Crippen molar-refractivity contribution >= 4 is 40.7 Å². The summed E-state index contributed by atoms with van der Waals surface area (Å²) >= 11 is 12.5. The van der Waals surface area contributed by atoms with Crippen LogP contribution in [0.25, 0.3) is 0 Å². The van der Waals surface area contributed by atoms with Crippen molar-refractivity contribution in [3.05, 3.63) is 220 Å². The molecule has 2 aromatic heterocycles. The third-order valence-corrected chi connectivity index (χ3v) is 11.8. The van der Waals surface area contributed by atoms with Gasteiger partial charge < -0.3 is 23.3 Å². The van der Waals surface area contributed by atoms with Crippen molar-refractivity contribution < 1.29 is 37.4 Å². The number of halogens is 4. The molecule has 0 bridgehead atoms. The van der Waals surface area contributed by atoms with Crippen molar-refractivity contribution in [1.82, 2.24) is 9.13 Å². The van der Waals surface area contributed by atoms with Gasteiger partial charge in [0.25, 0.3) is 0 Å². The van der Waals surface area contributed by atoms with Gasteiger partial charge in [0.1, 0.15) is 5.56 Å². The highest BCUT2D eigenvalue weighted by atomic mass is 35.5. The Labute approximate surface area is 388 Å². The largest absolute Gasteiger partial charge is 0.465 e. The number of ketones is 2. The van der Waals surface area contributed by atoms with Gasteiger partial charge in [0.2, 0.25) is 11.1 Å². The number of benzene rings is 5. The van der Waals surface area contributed by atoms with Crippen molar-refractivity contribution in [3.8, 4) is 23.0 Å². The Balaban J connectivity index is 1.21. The first-order valence-corrected chi connectivity index (χ1v) is 21.3. The maximum absolute atomic E-state index is 16.4. The van der Waals surface area contributed by atoms with Crippen molar-refractivity contribution in [2.75, 3.05) is 7.11 Å². The number of hydrogen-bond donors (Lipinski definition) is 0. The summed E-state index contributed by atoms with van der Waals surface area (Å²) in [4.78, 5) is 64.5. The number of hydrogen-bond acceptors (Lipinski definition) is 8. The Hall–Kier alpha value is -7.15. The summed E-state index contributed by atoms with van der Waals surface area (Å²) in [5.74, 6) is -5.40. The molecule has 0 spiro atoms. The van der Waals surface area contributed by atoms with Gasteiger partial charge in [0.15, 0.2) is 46.2 Å². The zero-order chi connectivity index (χ0) is 47.4. The van der Waals surface area contributed by atoms with Crippen LogP contribution in [0.2, 0.25) is 10.0 Å². The van der Waals surface area contributed by atoms with Crippen molar-refractivity contribution in [3.63, 3.8) is 0 Å². The van der Waals surface area contributed by atoms with E-state index in [1.165, 1.54) is 88.3 Å². The van der Waals surface area contributed by atoms with Crippen LogP contribution >= 0.6 is 23.2 Å². The first-order chi connectivity index (χ1) is 31.5. The number of rotatable bonds is 15. The molecule has 10 nitrogen and oxygen atoms in total. The summed E-state index contributed by atoms with van der Waals surface area (Å²) in [6, 6.07) is 28.6. The highest BCUT2D eigenvalue weighted by Gasteiger charge is 2.27. The Kier molecular flexibility index (Phi) is 14.1. The van der Waals surface area contributed by atoms with Gasteiger partial charge in [0, 0.05) is 84.5 Å². The molecule has 336 valence electrons. The Bertz CT molecular complexity index is 3160. The SMILES string of the molecule is COC(=O)c1cccc(Oc2ccc(C(CC(=O)c3ccc(=O)n(C)c3)c3ccc(Cl)cc3C)cc2F)c1Oc1ccc(C(CC(=O)c2ccc(=O)n(C)c2)c2ccc(Cl)cc2C)cc1F. The van der Waals surface area contributed by atoms with E-state index in [4.69, 9.17) is 37.4 Å². The summed E-state index contributed by atoms with van der Waals surface area (Å²) in [5.41, 5.74) is 3.75. The lowest BCUT2D eigenvalue weighted by Crippen LogP contribution is -2.18. The van der Waals surface area contributed by atoms with E-state index in [0.29, 0.717) is 32.3 Å². The highest BCUT2D eigenvalue weighted by molar-refractivity contribution is 6.31. The molecule has 2 atom stereocenters. The number of pyridine rings is 2. The maximum Gasteiger partial charge on any atom is 0.341 e. The first kappa shape index (κ1) is 46.8. The third kappa shape index (κ3) is 10.4. The third-order valence-electron chi connectivity index (χ3n) is 11.3. The smallest absolute Gasteiger partial charge is 0.341 e. The summed E-state index contributed by atoms with van der Waals surface area (Å²) in [7, 11) is 4.25. The number of carbonyl (C=O) groups is 3. The van der Waals surface area contributed by atoms with Gasteiger partial charge in [-0.15, -0.1) is 0 Å². The van der Waals surface area contributed by atoms with E-state index >= 15 is 8.78 Å². The molecule has 0 aliphatic carbocycles. The first-order valence-electron chi connectivity index (χ1n) is 20.6. The number of aryl methyl sites for hydroxylation is 4. The monoisotopic (exact) mass is 930 g/mol. The van der Waals surface area contributed by atoms with Gasteiger partial charge >= 0.3 is 5.97 Å². The molecular formula is C52H42Cl2F2N2O8. The molecule has 0 saturated heterocycles. The van der Waals surface area contributed by atoms with Crippen molar-refractivity contribution in [1.29, 1.82) is 0 Å². The highest BCUT2D eigenvalue weighted by Crippen LogP contribution is 2.42. The van der Waals surface area contributed by atoms with Crippen LogP contribution in [-0.4, -0.2) is 33.8 Å². The van der Waals surface area contributed by atoms with Gasteiger partial charge in [-0.1, -0.05) is 53.5 Å². The standard InChI is InChI=1S/C52H42Cl2F2N2O8/c1-29-21-35(53)13-15-37(29)40(25-44(59)33-11-19-49(61)57(3)27-33)31-9-17-46(42(55)23-31)65-48-8-6-7-39(52(63)64-5)51(48)66-47-18-10-32(24-43(47)56)41(38-16-14-36(54)22-30(38)2)26-45(60)34-12-20-50(62)58(4)28-34/h6-24,27-28,40-41H,25-26H2,1-5H3. The van der Waals surface area contributed by atoms with E-state index in [1.807, 2.05) is 13.8 Å². The number of aromatic nitrogens is 2. The molecule has 2 unspecified atom stereocenters. The molecule has 0 aliphatic heterocycles. The Morgan fingerprint density at radius 3 is 1.48 bits per heavy atom. The van der Waals surface area contributed by atoms with E-state index in [2.05, 4.69) is 0 Å². The second-order valence-corrected chi connectivity index (χ2v) is 16.7. The lowest BCUT2D eigenvalue weighted by atomic mass is 9.84. The van der Waals surface area contributed by atoms with E-state index in [-0.39, 0.29) is 64.1 Å². The average molecular weight is 932 g/mol. The molecule has 0 amide bonds. The molecular weight excluding hydrogens is 889 g/mol. The van der Waals surface area contributed by atoms with Gasteiger partial charge in [0.05, 0.1) is 7.11 Å². The van der Waals surface area contributed by atoms with E-state index in [1.54, 1.807) is 62.6 Å². The zero-order valence-electron chi connectivity index (χ0n) is 36.4. The van der Waals surface area contributed by atoms with Crippen LogP contribution in [0.3, 0.4) is 0 Å². The van der Waals surface area contributed by atoms with Crippen LogP contribution in [0.4, 0.5) is 8.78 Å². The number of methoxy groups -OCH3 is 1. The second kappa shape index (κ2) is 19.9. The van der Waals surface area contributed by atoms with E-state index in [9.17, 15) is 24.0 Å². The average Bonchev–Trinajstić information content (AvgIpc) is 3.28. The van der Waals surface area contributed by atoms with Crippen LogP contribution in [0, 0.1) is 25.5 Å². The minimum Gasteiger partial charge on any atom is -0.465 e. The number of Topliss-reactive ketones (excluding diaryl/α,β-unsaturated/α-hetero) is 2. The molecule has 7 aromatic rings. The predicted molar refractivity (Wildman–Crippen MR) is 248 cm³/mol. The van der Waals surface area contributed by atoms with Gasteiger partial charge in [-0.05, 0) is 120 Å². The molecule has 0 aliphatic rings. The maximum atomic E-state index is 16.4. The number of nitrogens with zero attached hydrogens (tertiary/aromatic N) is 2. The summed E-state index contributed by atoms with van der Waals surface area (Å²) in [5, 5.41) is 0.969. The summed E-state index contributed by atoms with van der Waals surface area (Å²) in [6.45, 7) is 3.67. The molecule has 2 heterocycles. The van der Waals surface area contributed by atoms with Crippen LogP contribution in [0.1, 0.15) is 89.1 Å². The van der Waals surface area contributed by atoms with Gasteiger partial charge in [-0.2, -0.15) is 0 Å². The number of carbonyl (C=O) groups excluding carboxylic acids is 3. The fraction of sp³-hybridized carbons (Fsp3) is 0.173. The quantitative estimate of drug-likeness (QED) is 0.0736. The van der Waals surface area contributed by atoms with Gasteiger partial charge in [-0.3, -0.25) is 19.2 Å². The minimum absolute atomic E-state index is 0.0740. The van der Waals surface area contributed by atoms with Crippen molar-refractivity contribution in [2.24, 2.45) is 14.1 Å². The minimum atomic E-state index is -0.851. The van der Waals surface area contributed by atoms with Crippen LogP contribution < -0.4 is 20.6 Å². The fourth-order valence-corrected chi connectivity index (χ4v) is 8.29. The molecule has 0 saturated carbocycles. The predicted octanol–water partition coefficient (Wildman–Crippen LogP) is 11.5. The molecule has 14 heteroatoms. The molecule has 66 heavy (non-hydrogen) atoms. The number of para-hydroxylation sites is 1. The summed E-state index contributed by atoms with van der Waals surface area (Å²) < 4.78 is 52.5. The van der Waals surface area contributed by atoms with E-state index in [0.717, 1.165) is 29.4 Å². The number of esters is 1. The van der Waals surface area contributed by atoms with Gasteiger partial charge in [-0.25, -0.2) is 13.6 Å². The Morgan fingerprint density at radius 1 is 0.591 bits per heavy atom. The lowest BCUT2D eigenvalue weighted by Gasteiger charge is -2.22. The summed E-state index contributed by atoms with van der Waals surface area (Å²) in [6.07, 6.45) is 2.75.